The van der Waals surface area contributed by atoms with E-state index in [1.54, 1.807) is 12.1 Å². The number of rotatable bonds is 0. The van der Waals surface area contributed by atoms with Crippen LogP contribution in [-0.4, -0.2) is 9.97 Å². The van der Waals surface area contributed by atoms with Crippen LogP contribution < -0.4 is 0 Å². The molecule has 1 radical (unpaired) electrons. The second kappa shape index (κ2) is 7.11. The number of nitrogens with zero attached hydrogens (tertiary/aromatic N) is 4. The van der Waals surface area contributed by atoms with Gasteiger partial charge < -0.3 is 0 Å². The van der Waals surface area contributed by atoms with Crippen LogP contribution in [0.2, 0.25) is 0 Å². The van der Waals surface area contributed by atoms with Crippen LogP contribution in [0.5, 0.6) is 0 Å². The van der Waals surface area contributed by atoms with Crippen molar-refractivity contribution in [2.45, 2.75) is 0 Å². The molecule has 0 saturated carbocycles. The van der Waals surface area contributed by atoms with E-state index in [0.29, 0.717) is 22.2 Å². The minimum absolute atomic E-state index is 0. The molecule has 0 unspecified atom stereocenters. The quantitative estimate of drug-likeness (QED) is 0.132. The van der Waals surface area contributed by atoms with E-state index >= 15 is 0 Å². The third-order valence-corrected chi connectivity index (χ3v) is 5.59. The molecule has 1 aromatic heterocycles. The zero-order valence-corrected chi connectivity index (χ0v) is 18.4. The normalized spacial score (nSPS) is 10.9. The molecule has 1 heterocycles. The van der Waals surface area contributed by atoms with Crippen molar-refractivity contribution in [3.8, 4) is 12.1 Å². The van der Waals surface area contributed by atoms with Gasteiger partial charge in [0.15, 0.2) is 0 Å². The van der Waals surface area contributed by atoms with E-state index < -0.39 is 0 Å². The van der Waals surface area contributed by atoms with Gasteiger partial charge in [-0.15, -0.1) is 29.7 Å². The SMILES string of the molecule is N#Cc1cc2nc3c4[c-]cccc4c4ccc5ccccc5c4c3nc2cc1C#N.[Ir]. The molecule has 5 aromatic carbocycles. The van der Waals surface area contributed by atoms with Gasteiger partial charge in [0.25, 0.3) is 0 Å². The second-order valence-corrected chi connectivity index (χ2v) is 7.20. The molecule has 0 atom stereocenters. The number of nitriles is 2. The minimum atomic E-state index is 0. The Hall–Kier alpha value is -3.89. The van der Waals surface area contributed by atoms with Crippen molar-refractivity contribution in [1.82, 2.24) is 9.97 Å². The summed E-state index contributed by atoms with van der Waals surface area (Å²) in [5.74, 6) is 0. The summed E-state index contributed by atoms with van der Waals surface area (Å²) < 4.78 is 0. The van der Waals surface area contributed by atoms with Gasteiger partial charge in [-0.3, -0.25) is 9.97 Å². The predicted octanol–water partition coefficient (Wildman–Crippen LogP) is 5.78. The zero-order valence-electron chi connectivity index (χ0n) is 16.0. The standard InChI is InChI=1S/C26H11N4.Ir/c27-13-16-11-22-23(12-17(16)14-28)30-26-24-18-6-2-1-5-15(18)9-10-20(24)19-7-3-4-8-21(19)25(26)29-22;/h1-7,9-12H;/q-1;. The Labute approximate surface area is 190 Å². The van der Waals surface area contributed by atoms with Crippen LogP contribution in [-0.2, 0) is 20.1 Å². The van der Waals surface area contributed by atoms with Crippen molar-refractivity contribution in [3.63, 3.8) is 0 Å². The molecule has 0 bridgehead atoms. The first-order chi connectivity index (χ1) is 14.8. The van der Waals surface area contributed by atoms with Crippen molar-refractivity contribution in [3.05, 3.63) is 83.9 Å². The van der Waals surface area contributed by atoms with Crippen molar-refractivity contribution >= 4 is 54.4 Å². The van der Waals surface area contributed by atoms with Gasteiger partial charge in [0, 0.05) is 25.6 Å². The van der Waals surface area contributed by atoms with Gasteiger partial charge in [0.1, 0.15) is 12.1 Å². The smallest absolute Gasteiger partial charge is 0.101 e. The van der Waals surface area contributed by atoms with Gasteiger partial charge in [-0.1, -0.05) is 47.2 Å². The number of fused-ring (bicyclic) bond motifs is 9. The van der Waals surface area contributed by atoms with E-state index in [1.807, 2.05) is 24.3 Å². The van der Waals surface area contributed by atoms with Gasteiger partial charge in [-0.05, 0) is 28.3 Å². The van der Waals surface area contributed by atoms with Gasteiger partial charge in [0.05, 0.1) is 27.7 Å². The Morgan fingerprint density at radius 1 is 0.710 bits per heavy atom. The maximum atomic E-state index is 9.42. The van der Waals surface area contributed by atoms with E-state index in [0.717, 1.165) is 43.4 Å². The van der Waals surface area contributed by atoms with E-state index in [1.165, 1.54) is 0 Å². The Bertz CT molecular complexity index is 1770. The van der Waals surface area contributed by atoms with Gasteiger partial charge in [-0.2, -0.15) is 10.5 Å². The van der Waals surface area contributed by atoms with E-state index in [2.05, 4.69) is 48.5 Å². The molecule has 31 heavy (non-hydrogen) atoms. The van der Waals surface area contributed by atoms with Crippen molar-refractivity contribution in [2.75, 3.05) is 0 Å². The molecular formula is C26H11IrN4-. The monoisotopic (exact) mass is 572 g/mol. The first-order valence-corrected chi connectivity index (χ1v) is 9.48. The Balaban J connectivity index is 0.00000204. The maximum absolute atomic E-state index is 9.42. The third kappa shape index (κ3) is 2.69. The van der Waals surface area contributed by atoms with Gasteiger partial charge >= 0.3 is 0 Å². The fraction of sp³-hybridized carbons (Fsp3) is 0. The number of aromatic nitrogens is 2. The molecule has 6 rings (SSSR count). The van der Waals surface area contributed by atoms with Gasteiger partial charge in [-0.25, -0.2) is 0 Å². The molecule has 0 fully saturated rings. The summed E-state index contributed by atoms with van der Waals surface area (Å²) >= 11 is 0. The zero-order chi connectivity index (χ0) is 20.2. The fourth-order valence-corrected chi connectivity index (χ4v) is 4.24. The average Bonchev–Trinajstić information content (AvgIpc) is 2.81. The summed E-state index contributed by atoms with van der Waals surface area (Å²) in [6.45, 7) is 0. The van der Waals surface area contributed by atoms with Crippen LogP contribution in [0.4, 0.5) is 0 Å². The molecule has 0 aliphatic carbocycles. The third-order valence-electron chi connectivity index (χ3n) is 5.59. The Morgan fingerprint density at radius 2 is 1.39 bits per heavy atom. The van der Waals surface area contributed by atoms with Crippen molar-refractivity contribution in [2.24, 2.45) is 0 Å². The molecule has 0 saturated heterocycles. The number of hydrogen-bond acceptors (Lipinski definition) is 4. The van der Waals surface area contributed by atoms with Crippen molar-refractivity contribution < 1.29 is 20.1 Å². The van der Waals surface area contributed by atoms with Crippen LogP contribution in [0.25, 0.3) is 54.4 Å². The Morgan fingerprint density at radius 3 is 2.13 bits per heavy atom. The average molecular weight is 572 g/mol. The van der Waals surface area contributed by atoms with Crippen LogP contribution in [0, 0.1) is 28.7 Å². The summed E-state index contributed by atoms with van der Waals surface area (Å²) in [5, 5.41) is 25.1. The van der Waals surface area contributed by atoms with E-state index in [-0.39, 0.29) is 20.1 Å². The first kappa shape index (κ1) is 19.1. The minimum Gasteiger partial charge on any atom is -0.292 e. The molecule has 0 aliphatic rings. The summed E-state index contributed by atoms with van der Waals surface area (Å²) in [6.07, 6.45) is 0. The van der Waals surface area contributed by atoms with E-state index in [9.17, 15) is 10.5 Å². The molecule has 6 aromatic rings. The van der Waals surface area contributed by atoms with Crippen LogP contribution >= 0.6 is 0 Å². The molecule has 0 N–H and O–H groups in total. The van der Waals surface area contributed by atoms with Crippen LogP contribution in [0.1, 0.15) is 11.1 Å². The fourth-order valence-electron chi connectivity index (χ4n) is 4.24. The molecule has 5 heteroatoms. The summed E-state index contributed by atoms with van der Waals surface area (Å²) in [7, 11) is 0. The predicted molar refractivity (Wildman–Crippen MR) is 118 cm³/mol. The summed E-state index contributed by atoms with van der Waals surface area (Å²) in [6, 6.07) is 29.2. The number of hydrogen-bond donors (Lipinski definition) is 0. The maximum Gasteiger partial charge on any atom is 0.101 e. The molecule has 0 aliphatic heterocycles. The second-order valence-electron chi connectivity index (χ2n) is 7.20. The summed E-state index contributed by atoms with van der Waals surface area (Å²) in [4.78, 5) is 9.84. The van der Waals surface area contributed by atoms with Crippen LogP contribution in [0.15, 0.2) is 66.7 Å². The molecule has 145 valence electrons. The largest absolute Gasteiger partial charge is 0.292 e. The molecule has 4 nitrogen and oxygen atoms in total. The topological polar surface area (TPSA) is 73.4 Å². The molecular weight excluding hydrogens is 561 g/mol. The van der Waals surface area contributed by atoms with Gasteiger partial charge in [0.2, 0.25) is 0 Å². The first-order valence-electron chi connectivity index (χ1n) is 9.48. The molecule has 0 amide bonds. The Kier molecular flexibility index (Phi) is 4.38. The summed E-state index contributed by atoms with van der Waals surface area (Å²) in [5.41, 5.74) is 3.32. The molecule has 0 spiro atoms. The van der Waals surface area contributed by atoms with Crippen LogP contribution in [0.3, 0.4) is 0 Å². The number of benzene rings is 5. The van der Waals surface area contributed by atoms with Crippen molar-refractivity contribution in [1.29, 1.82) is 10.5 Å². The van der Waals surface area contributed by atoms with E-state index in [4.69, 9.17) is 9.97 Å².